The molecule has 2 heterocycles. The number of nitrogens with one attached hydrogen (secondary N) is 3. The summed E-state index contributed by atoms with van der Waals surface area (Å²) >= 11 is 0. The smallest absolute Gasteiger partial charge is 0.320 e. The van der Waals surface area contributed by atoms with Crippen LogP contribution in [0.25, 0.3) is 0 Å². The predicted molar refractivity (Wildman–Crippen MR) is 144 cm³/mol. The summed E-state index contributed by atoms with van der Waals surface area (Å²) in [6.45, 7) is 7.16. The third kappa shape index (κ3) is 6.95. The first-order valence-corrected chi connectivity index (χ1v) is 12.6. The Labute approximate surface area is 213 Å². The molecule has 2 aromatic carbocycles. The van der Waals surface area contributed by atoms with Gasteiger partial charge in [-0.15, -0.1) is 0 Å². The number of hydrogen-bond donors (Lipinski definition) is 3. The van der Waals surface area contributed by atoms with Gasteiger partial charge in [0.05, 0.1) is 19.3 Å². The second-order valence-electron chi connectivity index (χ2n) is 8.97. The summed E-state index contributed by atoms with van der Waals surface area (Å²) in [5.74, 6) is 1.96. The van der Waals surface area contributed by atoms with Crippen LogP contribution < -0.4 is 20.1 Å². The van der Waals surface area contributed by atoms with E-state index in [1.54, 1.807) is 7.11 Å². The van der Waals surface area contributed by atoms with Gasteiger partial charge in [-0.05, 0) is 54.8 Å². The molecule has 190 valence electrons. The van der Waals surface area contributed by atoms with E-state index in [2.05, 4.69) is 56.7 Å². The normalized spacial score (nSPS) is 13.1. The number of anilines is 2. The number of benzene rings is 2. The second kappa shape index (κ2) is 12.9. The Morgan fingerprint density at radius 2 is 1.67 bits per heavy atom. The highest BCUT2D eigenvalue weighted by atomic mass is 16.5. The van der Waals surface area contributed by atoms with Crippen LogP contribution in [0.15, 0.2) is 48.5 Å². The number of ether oxygens (including phenoxy) is 2. The van der Waals surface area contributed by atoms with Crippen molar-refractivity contribution in [1.82, 2.24) is 14.9 Å². The third-order valence-corrected chi connectivity index (χ3v) is 6.22. The molecule has 1 saturated heterocycles. The molecule has 36 heavy (non-hydrogen) atoms. The van der Waals surface area contributed by atoms with Crippen LogP contribution >= 0.6 is 0 Å². The van der Waals surface area contributed by atoms with Crippen LogP contribution in [0.5, 0.6) is 11.8 Å². The molecule has 1 aliphatic rings. The minimum absolute atomic E-state index is 0.306. The zero-order valence-electron chi connectivity index (χ0n) is 21.2. The van der Waals surface area contributed by atoms with E-state index in [9.17, 15) is 0 Å². The van der Waals surface area contributed by atoms with Crippen LogP contribution in [-0.2, 0) is 19.6 Å². The van der Waals surface area contributed by atoms with E-state index in [1.807, 2.05) is 24.3 Å². The highest BCUT2D eigenvalue weighted by Crippen LogP contribution is 2.24. The van der Waals surface area contributed by atoms with Gasteiger partial charge >= 0.3 is 6.01 Å². The number of aromatic nitrogens is 2. The Morgan fingerprint density at radius 1 is 0.972 bits per heavy atom. The molecule has 1 aliphatic heterocycles. The van der Waals surface area contributed by atoms with Crippen molar-refractivity contribution in [2.75, 3.05) is 37.4 Å². The van der Waals surface area contributed by atoms with Gasteiger partial charge in [0, 0.05) is 25.8 Å². The topological polar surface area (TPSA) is 95.4 Å². The predicted octanol–water partition coefficient (Wildman–Crippen LogP) is 5.09. The number of nitrogens with zero attached hydrogens (tertiary/aromatic N) is 3. The molecule has 1 aromatic heterocycles. The number of likely N-dealkylation sites (tertiary alicyclic amines) is 1. The van der Waals surface area contributed by atoms with Gasteiger partial charge in [0.25, 0.3) is 0 Å². The number of rotatable bonds is 14. The first-order chi connectivity index (χ1) is 17.7. The maximum Gasteiger partial charge on any atom is 0.320 e. The van der Waals surface area contributed by atoms with Crippen LogP contribution in [0.1, 0.15) is 48.4 Å². The van der Waals surface area contributed by atoms with Crippen LogP contribution in [0.4, 0.5) is 11.6 Å². The molecular weight excluding hydrogens is 452 g/mol. The Hall–Kier alpha value is -3.65. The van der Waals surface area contributed by atoms with Crippen LogP contribution in [0.2, 0.25) is 0 Å². The van der Waals surface area contributed by atoms with Crippen molar-refractivity contribution >= 4 is 17.9 Å². The summed E-state index contributed by atoms with van der Waals surface area (Å²) in [6, 6.07) is 16.8. The molecule has 3 aromatic rings. The molecule has 0 spiro atoms. The average molecular weight is 489 g/mol. The molecule has 0 bridgehead atoms. The minimum atomic E-state index is 0.306. The van der Waals surface area contributed by atoms with E-state index in [1.165, 1.54) is 36.9 Å². The highest BCUT2D eigenvalue weighted by molar-refractivity contribution is 5.90. The van der Waals surface area contributed by atoms with Crippen molar-refractivity contribution in [3.8, 4) is 11.8 Å². The van der Waals surface area contributed by atoms with E-state index >= 15 is 0 Å². The van der Waals surface area contributed by atoms with Crippen molar-refractivity contribution in [3.05, 3.63) is 70.8 Å². The molecule has 4 rings (SSSR count). The maximum absolute atomic E-state index is 8.07. The van der Waals surface area contributed by atoms with E-state index in [0.717, 1.165) is 30.7 Å². The molecule has 0 aliphatic carbocycles. The fourth-order valence-electron chi connectivity index (χ4n) is 3.98. The lowest BCUT2D eigenvalue weighted by atomic mass is 10.1. The van der Waals surface area contributed by atoms with Crippen LogP contribution in [0, 0.1) is 5.41 Å². The molecule has 8 nitrogen and oxygen atoms in total. The van der Waals surface area contributed by atoms with Gasteiger partial charge in [-0.2, -0.15) is 9.97 Å². The fourth-order valence-corrected chi connectivity index (χ4v) is 3.98. The number of hydrogen-bond acceptors (Lipinski definition) is 8. The molecule has 8 heteroatoms. The molecular formula is C28H36N6O2. The van der Waals surface area contributed by atoms with Gasteiger partial charge in [-0.3, -0.25) is 4.90 Å². The lowest BCUT2D eigenvalue weighted by Crippen LogP contribution is -2.36. The van der Waals surface area contributed by atoms with Crippen molar-refractivity contribution in [2.45, 2.75) is 45.8 Å². The summed E-state index contributed by atoms with van der Waals surface area (Å²) in [7, 11) is 1.65. The van der Waals surface area contributed by atoms with E-state index in [0.29, 0.717) is 42.9 Å². The Kier molecular flexibility index (Phi) is 9.10. The van der Waals surface area contributed by atoms with Gasteiger partial charge in [0.2, 0.25) is 0 Å². The maximum atomic E-state index is 8.07. The SMILES string of the molecule is CCCCOc1nc(NCc2ccc(OC)cc2)c(C=N)c(NCc2cccc(CN3CCC3)c2)n1. The summed E-state index contributed by atoms with van der Waals surface area (Å²) in [5, 5.41) is 14.9. The lowest BCUT2D eigenvalue weighted by molar-refractivity contribution is 0.172. The third-order valence-electron chi connectivity index (χ3n) is 6.22. The van der Waals surface area contributed by atoms with Gasteiger partial charge in [0.15, 0.2) is 0 Å². The second-order valence-corrected chi connectivity index (χ2v) is 8.97. The van der Waals surface area contributed by atoms with Crippen molar-refractivity contribution in [3.63, 3.8) is 0 Å². The van der Waals surface area contributed by atoms with Gasteiger partial charge in [-0.25, -0.2) is 0 Å². The molecule has 1 fully saturated rings. The summed E-state index contributed by atoms with van der Waals surface area (Å²) < 4.78 is 11.1. The molecule has 0 unspecified atom stereocenters. The highest BCUT2D eigenvalue weighted by Gasteiger charge is 2.16. The van der Waals surface area contributed by atoms with E-state index in [-0.39, 0.29) is 0 Å². The van der Waals surface area contributed by atoms with Crippen LogP contribution in [-0.4, -0.2) is 47.9 Å². The quantitative estimate of drug-likeness (QED) is 0.215. The van der Waals surface area contributed by atoms with Crippen molar-refractivity contribution in [2.24, 2.45) is 0 Å². The van der Waals surface area contributed by atoms with E-state index in [4.69, 9.17) is 14.9 Å². The zero-order valence-corrected chi connectivity index (χ0v) is 21.2. The first kappa shape index (κ1) is 25.4. The summed E-state index contributed by atoms with van der Waals surface area (Å²) in [5.41, 5.74) is 4.16. The van der Waals surface area contributed by atoms with Crippen molar-refractivity contribution in [1.29, 1.82) is 5.41 Å². The zero-order chi connectivity index (χ0) is 25.2. The Bertz CT molecular complexity index is 1130. The Balaban J connectivity index is 1.50. The minimum Gasteiger partial charge on any atom is -0.497 e. The molecule has 0 saturated carbocycles. The van der Waals surface area contributed by atoms with Crippen LogP contribution in [0.3, 0.4) is 0 Å². The van der Waals surface area contributed by atoms with E-state index < -0.39 is 0 Å². The Morgan fingerprint density at radius 3 is 2.28 bits per heavy atom. The van der Waals surface area contributed by atoms with Crippen molar-refractivity contribution < 1.29 is 9.47 Å². The number of unbranched alkanes of at least 4 members (excludes halogenated alkanes) is 1. The first-order valence-electron chi connectivity index (χ1n) is 12.6. The number of methoxy groups -OCH3 is 1. The lowest BCUT2D eigenvalue weighted by Gasteiger charge is -2.30. The standard InChI is InChI=1S/C28H36N6O2/c1-3-4-15-36-28-32-26(30-18-21-9-11-24(35-2)12-10-21)25(17-29)27(33-28)31-19-22-7-5-8-23(16-22)20-34-13-6-14-34/h5,7-12,16-17,29H,3-4,6,13-15,18-20H2,1-2H3,(H2,30,31,32,33). The molecule has 3 N–H and O–H groups in total. The van der Waals surface area contributed by atoms with Gasteiger partial charge < -0.3 is 25.5 Å². The van der Waals surface area contributed by atoms with Gasteiger partial charge in [-0.1, -0.05) is 49.7 Å². The summed E-state index contributed by atoms with van der Waals surface area (Å²) in [6.07, 6.45) is 4.53. The fraction of sp³-hybridized carbons (Fsp3) is 0.393. The molecule has 0 atom stereocenters. The monoisotopic (exact) mass is 488 g/mol. The van der Waals surface area contributed by atoms with Gasteiger partial charge in [0.1, 0.15) is 17.4 Å². The molecule has 0 radical (unpaired) electrons. The molecule has 0 amide bonds. The largest absolute Gasteiger partial charge is 0.497 e. The average Bonchev–Trinajstić information content (AvgIpc) is 2.89. The summed E-state index contributed by atoms with van der Waals surface area (Å²) in [4.78, 5) is 11.6.